The Morgan fingerprint density at radius 3 is 2.16 bits per heavy atom. The van der Waals surface area contributed by atoms with Crippen molar-refractivity contribution in [3.8, 4) is 5.75 Å². The maximum Gasteiger partial charge on any atom is 0.191 e. The molecule has 0 spiro atoms. The van der Waals surface area contributed by atoms with Gasteiger partial charge in [-0.05, 0) is 42.4 Å². The zero-order valence-electron chi connectivity index (χ0n) is 12.6. The van der Waals surface area contributed by atoms with Crippen LogP contribution in [0.2, 0.25) is 18.1 Å². The van der Waals surface area contributed by atoms with Gasteiger partial charge in [-0.1, -0.05) is 36.7 Å². The standard InChI is InChI=1S/C15H25BrO2Si/c1-15(2,3)19(4,5)18-12-6-11-17-14-9-7-13(16)8-10-14/h7-10H,6,11-12H2,1-5H3. The number of hydrogen-bond donors (Lipinski definition) is 0. The van der Waals surface area contributed by atoms with E-state index < -0.39 is 8.32 Å². The average molecular weight is 345 g/mol. The van der Waals surface area contributed by atoms with Crippen molar-refractivity contribution in [1.82, 2.24) is 0 Å². The topological polar surface area (TPSA) is 18.5 Å². The summed E-state index contributed by atoms with van der Waals surface area (Å²) < 4.78 is 12.8. The lowest BCUT2D eigenvalue weighted by Crippen LogP contribution is -2.41. The first kappa shape index (κ1) is 16.7. The maximum atomic E-state index is 6.10. The van der Waals surface area contributed by atoms with Gasteiger partial charge in [0.1, 0.15) is 5.75 Å². The molecule has 0 aliphatic carbocycles. The van der Waals surface area contributed by atoms with Crippen LogP contribution in [-0.2, 0) is 4.43 Å². The van der Waals surface area contributed by atoms with Gasteiger partial charge in [-0.25, -0.2) is 0 Å². The summed E-state index contributed by atoms with van der Waals surface area (Å²) in [6, 6.07) is 7.92. The number of rotatable bonds is 6. The number of hydrogen-bond acceptors (Lipinski definition) is 2. The highest BCUT2D eigenvalue weighted by Gasteiger charge is 2.36. The second-order valence-electron chi connectivity index (χ2n) is 6.26. The van der Waals surface area contributed by atoms with Gasteiger partial charge in [0.2, 0.25) is 0 Å². The van der Waals surface area contributed by atoms with Crippen LogP contribution < -0.4 is 4.74 Å². The summed E-state index contributed by atoms with van der Waals surface area (Å²) in [5, 5.41) is 0.277. The Kier molecular flexibility index (Phi) is 6.08. The zero-order valence-corrected chi connectivity index (χ0v) is 15.2. The van der Waals surface area contributed by atoms with Crippen molar-refractivity contribution in [3.63, 3.8) is 0 Å². The fourth-order valence-corrected chi connectivity index (χ4v) is 2.68. The molecule has 0 atom stereocenters. The molecular formula is C15H25BrO2Si. The lowest BCUT2D eigenvalue weighted by atomic mass is 10.2. The third-order valence-corrected chi connectivity index (χ3v) is 8.71. The summed E-state index contributed by atoms with van der Waals surface area (Å²) in [6.07, 6.45) is 0.933. The van der Waals surface area contributed by atoms with Crippen molar-refractivity contribution in [2.24, 2.45) is 0 Å². The molecule has 108 valence electrons. The molecule has 0 heterocycles. The van der Waals surface area contributed by atoms with E-state index in [-0.39, 0.29) is 5.04 Å². The highest BCUT2D eigenvalue weighted by Crippen LogP contribution is 2.36. The minimum Gasteiger partial charge on any atom is -0.494 e. The van der Waals surface area contributed by atoms with Crippen molar-refractivity contribution < 1.29 is 9.16 Å². The number of ether oxygens (including phenoxy) is 1. The zero-order chi connectivity index (χ0) is 14.5. The Morgan fingerprint density at radius 1 is 1.05 bits per heavy atom. The first-order valence-corrected chi connectivity index (χ1v) is 10.4. The van der Waals surface area contributed by atoms with Crippen LogP contribution in [0.1, 0.15) is 27.2 Å². The van der Waals surface area contributed by atoms with E-state index in [9.17, 15) is 0 Å². The fraction of sp³-hybridized carbons (Fsp3) is 0.600. The molecule has 0 N–H and O–H groups in total. The Morgan fingerprint density at radius 2 is 1.63 bits per heavy atom. The summed E-state index contributed by atoms with van der Waals surface area (Å²) in [4.78, 5) is 0. The Balaban J connectivity index is 2.23. The molecule has 0 amide bonds. The van der Waals surface area contributed by atoms with E-state index in [0.29, 0.717) is 6.61 Å². The molecule has 0 aliphatic heterocycles. The molecular weight excluding hydrogens is 320 g/mol. The summed E-state index contributed by atoms with van der Waals surface area (Å²) in [5.41, 5.74) is 0. The Bertz CT molecular complexity index is 382. The summed E-state index contributed by atoms with van der Waals surface area (Å²) in [7, 11) is -1.60. The van der Waals surface area contributed by atoms with Crippen LogP contribution in [0, 0.1) is 0 Å². The highest BCUT2D eigenvalue weighted by atomic mass is 79.9. The van der Waals surface area contributed by atoms with Crippen LogP contribution in [0.3, 0.4) is 0 Å². The van der Waals surface area contributed by atoms with Crippen LogP contribution in [0.15, 0.2) is 28.7 Å². The molecule has 0 bridgehead atoms. The van der Waals surface area contributed by atoms with Crippen LogP contribution in [-0.4, -0.2) is 21.5 Å². The summed E-state index contributed by atoms with van der Waals surface area (Å²) >= 11 is 3.41. The van der Waals surface area contributed by atoms with Crippen molar-refractivity contribution in [3.05, 3.63) is 28.7 Å². The van der Waals surface area contributed by atoms with Gasteiger partial charge in [0.15, 0.2) is 8.32 Å². The van der Waals surface area contributed by atoms with Gasteiger partial charge in [0, 0.05) is 17.5 Å². The third-order valence-electron chi connectivity index (χ3n) is 3.64. The van der Waals surface area contributed by atoms with Crippen LogP contribution in [0.25, 0.3) is 0 Å². The molecule has 19 heavy (non-hydrogen) atoms. The van der Waals surface area contributed by atoms with Gasteiger partial charge in [-0.2, -0.15) is 0 Å². The second kappa shape index (κ2) is 6.91. The van der Waals surface area contributed by atoms with E-state index in [1.165, 1.54) is 0 Å². The van der Waals surface area contributed by atoms with Gasteiger partial charge >= 0.3 is 0 Å². The first-order valence-electron chi connectivity index (χ1n) is 6.75. The van der Waals surface area contributed by atoms with Crippen molar-refractivity contribution in [1.29, 1.82) is 0 Å². The van der Waals surface area contributed by atoms with Crippen molar-refractivity contribution >= 4 is 24.2 Å². The molecule has 0 saturated carbocycles. The molecule has 1 rings (SSSR count). The van der Waals surface area contributed by atoms with E-state index in [0.717, 1.165) is 23.2 Å². The van der Waals surface area contributed by atoms with E-state index in [2.05, 4.69) is 49.8 Å². The van der Waals surface area contributed by atoms with Gasteiger partial charge in [-0.3, -0.25) is 0 Å². The van der Waals surface area contributed by atoms with Crippen LogP contribution >= 0.6 is 15.9 Å². The number of halogens is 1. The van der Waals surface area contributed by atoms with E-state index in [1.54, 1.807) is 0 Å². The molecule has 4 heteroatoms. The molecule has 0 aromatic heterocycles. The minimum absolute atomic E-state index is 0.277. The van der Waals surface area contributed by atoms with Crippen molar-refractivity contribution in [2.45, 2.75) is 45.3 Å². The number of benzene rings is 1. The summed E-state index contributed by atoms with van der Waals surface area (Å²) in [6.45, 7) is 12.8. The monoisotopic (exact) mass is 344 g/mol. The van der Waals surface area contributed by atoms with Crippen LogP contribution in [0.5, 0.6) is 5.75 Å². The highest BCUT2D eigenvalue weighted by molar-refractivity contribution is 9.10. The molecule has 0 unspecified atom stereocenters. The van der Waals surface area contributed by atoms with E-state index in [1.807, 2.05) is 24.3 Å². The van der Waals surface area contributed by atoms with E-state index >= 15 is 0 Å². The largest absolute Gasteiger partial charge is 0.494 e. The quantitative estimate of drug-likeness (QED) is 0.518. The smallest absolute Gasteiger partial charge is 0.191 e. The van der Waals surface area contributed by atoms with Gasteiger partial charge in [0.25, 0.3) is 0 Å². The Hall–Kier alpha value is -0.323. The SMILES string of the molecule is CC(C)(C)[Si](C)(C)OCCCOc1ccc(Br)cc1. The minimum atomic E-state index is -1.60. The second-order valence-corrected chi connectivity index (χ2v) is 12.0. The van der Waals surface area contributed by atoms with Gasteiger partial charge < -0.3 is 9.16 Å². The predicted octanol–water partition coefficient (Wildman–Crippen LogP) is 5.24. The Labute approximate surface area is 126 Å². The van der Waals surface area contributed by atoms with Crippen LogP contribution in [0.4, 0.5) is 0 Å². The molecule has 0 radical (unpaired) electrons. The fourth-order valence-electron chi connectivity index (χ4n) is 1.32. The predicted molar refractivity (Wildman–Crippen MR) is 87.4 cm³/mol. The molecule has 1 aromatic carbocycles. The molecule has 0 fully saturated rings. The summed E-state index contributed by atoms with van der Waals surface area (Å²) in [5.74, 6) is 0.913. The normalized spacial score (nSPS) is 12.5. The van der Waals surface area contributed by atoms with Crippen molar-refractivity contribution in [2.75, 3.05) is 13.2 Å². The molecule has 0 saturated heterocycles. The van der Waals surface area contributed by atoms with E-state index in [4.69, 9.17) is 9.16 Å². The third kappa shape index (κ3) is 5.67. The average Bonchev–Trinajstić information content (AvgIpc) is 2.29. The molecule has 2 nitrogen and oxygen atoms in total. The lowest BCUT2D eigenvalue weighted by Gasteiger charge is -2.36. The molecule has 0 aliphatic rings. The maximum absolute atomic E-state index is 6.10. The lowest BCUT2D eigenvalue weighted by molar-refractivity contribution is 0.234. The first-order chi connectivity index (χ1) is 8.72. The van der Waals surface area contributed by atoms with Gasteiger partial charge in [0.05, 0.1) is 6.61 Å². The molecule has 1 aromatic rings. The van der Waals surface area contributed by atoms with Gasteiger partial charge in [-0.15, -0.1) is 0 Å².